The average molecular weight is 337 g/mol. The largest absolute Gasteiger partial charge is 0.351 e. The van der Waals surface area contributed by atoms with Crippen LogP contribution in [0, 0.1) is 24.7 Å². The zero-order chi connectivity index (χ0) is 17.2. The van der Waals surface area contributed by atoms with Crippen molar-refractivity contribution in [2.24, 2.45) is 5.92 Å². The Balaban J connectivity index is 1.51. The second-order valence-electron chi connectivity index (χ2n) is 6.51. The van der Waals surface area contributed by atoms with Gasteiger partial charge in [0.25, 0.3) is 5.91 Å². The number of hydrogen-bond acceptors (Lipinski definition) is 6. The number of carbonyl (C=O) groups is 1. The number of nitrogens with zero attached hydrogens (tertiary/aromatic N) is 6. The van der Waals surface area contributed by atoms with Gasteiger partial charge in [0, 0.05) is 25.2 Å². The van der Waals surface area contributed by atoms with Gasteiger partial charge < -0.3 is 10.2 Å². The maximum absolute atomic E-state index is 12.2. The van der Waals surface area contributed by atoms with Crippen molar-refractivity contribution in [1.82, 2.24) is 30.5 Å². The summed E-state index contributed by atoms with van der Waals surface area (Å²) in [6.07, 6.45) is 5.65. The molecule has 8 nitrogen and oxygen atoms in total. The van der Waals surface area contributed by atoms with E-state index in [0.29, 0.717) is 19.0 Å². The van der Waals surface area contributed by atoms with Crippen LogP contribution in [0.3, 0.4) is 0 Å². The van der Waals surface area contributed by atoms with Gasteiger partial charge in [-0.25, -0.2) is 4.68 Å². The highest BCUT2D eigenvalue weighted by atomic mass is 16.1. The Hall–Kier alpha value is -2.95. The van der Waals surface area contributed by atoms with Gasteiger partial charge in [0.2, 0.25) is 0 Å². The van der Waals surface area contributed by atoms with Crippen molar-refractivity contribution in [3.63, 3.8) is 0 Å². The fourth-order valence-corrected chi connectivity index (χ4v) is 2.94. The molecule has 1 aliphatic carbocycles. The smallest absolute Gasteiger partial charge is 0.296 e. The Morgan fingerprint density at radius 3 is 2.84 bits per heavy atom. The van der Waals surface area contributed by atoms with E-state index in [1.54, 1.807) is 10.9 Å². The van der Waals surface area contributed by atoms with Crippen LogP contribution in [0.4, 0.5) is 5.82 Å². The molecule has 1 saturated carbocycles. The van der Waals surface area contributed by atoms with E-state index < -0.39 is 0 Å². The van der Waals surface area contributed by atoms with E-state index in [4.69, 9.17) is 0 Å². The van der Waals surface area contributed by atoms with Crippen molar-refractivity contribution < 1.29 is 4.79 Å². The first kappa shape index (κ1) is 15.6. The van der Waals surface area contributed by atoms with Gasteiger partial charge in [-0.05, 0) is 37.8 Å². The normalized spacial score (nSPS) is 22.4. The van der Waals surface area contributed by atoms with Crippen LogP contribution >= 0.6 is 0 Å². The molecule has 0 bridgehead atoms. The molecule has 2 fully saturated rings. The van der Waals surface area contributed by atoms with Gasteiger partial charge in [0.05, 0.1) is 24.0 Å². The van der Waals surface area contributed by atoms with Crippen LogP contribution in [-0.4, -0.2) is 50.2 Å². The van der Waals surface area contributed by atoms with Crippen LogP contribution in [0.2, 0.25) is 0 Å². The zero-order valence-corrected chi connectivity index (χ0v) is 14.0. The molecule has 2 atom stereocenters. The Morgan fingerprint density at radius 1 is 1.28 bits per heavy atom. The predicted molar refractivity (Wildman–Crippen MR) is 90.5 cm³/mol. The average Bonchev–Trinajstić information content (AvgIpc) is 3.10. The lowest BCUT2D eigenvalue weighted by molar-refractivity contribution is -0.116. The minimum atomic E-state index is -0.237. The second-order valence-corrected chi connectivity index (χ2v) is 6.51. The van der Waals surface area contributed by atoms with Crippen LogP contribution in [0.1, 0.15) is 24.6 Å². The van der Waals surface area contributed by atoms with Crippen molar-refractivity contribution in [2.45, 2.75) is 31.8 Å². The van der Waals surface area contributed by atoms with Crippen molar-refractivity contribution in [3.05, 3.63) is 30.2 Å². The van der Waals surface area contributed by atoms with E-state index in [1.807, 2.05) is 25.3 Å². The lowest BCUT2D eigenvalue weighted by atomic mass is 10.2. The second kappa shape index (κ2) is 6.51. The number of amides is 1. The molecule has 1 aliphatic heterocycles. The zero-order valence-electron chi connectivity index (χ0n) is 14.0. The summed E-state index contributed by atoms with van der Waals surface area (Å²) in [5, 5.41) is 19.4. The number of carbonyl (C=O) groups excluding carboxylic acids is 1. The molecule has 1 saturated heterocycles. The molecule has 0 aromatic carbocycles. The molecule has 0 spiro atoms. The minimum Gasteiger partial charge on any atom is -0.351 e. The molecule has 1 amide bonds. The maximum atomic E-state index is 12.2. The van der Waals surface area contributed by atoms with Crippen LogP contribution in [0.5, 0.6) is 0 Å². The highest BCUT2D eigenvalue weighted by Gasteiger charge is 2.36. The first-order chi connectivity index (χ1) is 12.2. The van der Waals surface area contributed by atoms with Crippen molar-refractivity contribution in [1.29, 1.82) is 0 Å². The molecule has 8 heteroatoms. The monoisotopic (exact) mass is 337 g/mol. The molecule has 128 valence electrons. The summed E-state index contributed by atoms with van der Waals surface area (Å²) < 4.78 is 1.78. The first-order valence-corrected chi connectivity index (χ1v) is 8.42. The summed E-state index contributed by atoms with van der Waals surface area (Å²) in [7, 11) is 0. The van der Waals surface area contributed by atoms with E-state index in [-0.39, 0.29) is 18.0 Å². The maximum Gasteiger partial charge on any atom is 0.296 e. The molecule has 0 unspecified atom stereocenters. The van der Waals surface area contributed by atoms with Gasteiger partial charge in [0.15, 0.2) is 5.82 Å². The Kier molecular flexibility index (Phi) is 4.06. The van der Waals surface area contributed by atoms with Crippen LogP contribution in [0.25, 0.3) is 0 Å². The number of rotatable bonds is 3. The lowest BCUT2D eigenvalue weighted by Gasteiger charge is -2.17. The van der Waals surface area contributed by atoms with E-state index >= 15 is 0 Å². The predicted octanol–water partition coefficient (Wildman–Crippen LogP) is 0.336. The molecule has 0 radical (unpaired) electrons. The number of aryl methyl sites for hydroxylation is 1. The molecule has 3 heterocycles. The van der Waals surface area contributed by atoms with Gasteiger partial charge in [-0.15, -0.1) is 10.2 Å². The van der Waals surface area contributed by atoms with Gasteiger partial charge in [-0.1, -0.05) is 11.1 Å². The van der Waals surface area contributed by atoms with Crippen LogP contribution in [-0.2, 0) is 4.79 Å². The fraction of sp³-hybridized carbons (Fsp3) is 0.471. The third kappa shape index (κ3) is 3.60. The van der Waals surface area contributed by atoms with Gasteiger partial charge >= 0.3 is 0 Å². The number of anilines is 1. The van der Waals surface area contributed by atoms with E-state index in [2.05, 4.69) is 42.6 Å². The fourth-order valence-electron chi connectivity index (χ4n) is 2.94. The highest BCUT2D eigenvalue weighted by Crippen LogP contribution is 2.27. The summed E-state index contributed by atoms with van der Waals surface area (Å²) in [5.74, 6) is 6.66. The summed E-state index contributed by atoms with van der Waals surface area (Å²) in [5.41, 5.74) is 0.871. The molecule has 2 aromatic heterocycles. The summed E-state index contributed by atoms with van der Waals surface area (Å²) in [4.78, 5) is 14.3. The first-order valence-electron chi connectivity index (χ1n) is 8.42. The Bertz CT molecular complexity index is 802. The van der Waals surface area contributed by atoms with Crippen molar-refractivity contribution in [2.75, 3.05) is 18.0 Å². The van der Waals surface area contributed by atoms with Gasteiger partial charge in [0.1, 0.15) is 0 Å². The molecule has 2 aliphatic rings. The third-order valence-corrected chi connectivity index (χ3v) is 4.46. The van der Waals surface area contributed by atoms with Crippen molar-refractivity contribution >= 4 is 11.7 Å². The van der Waals surface area contributed by atoms with Crippen LogP contribution < -0.4 is 10.2 Å². The van der Waals surface area contributed by atoms with Gasteiger partial charge in [-0.3, -0.25) is 4.79 Å². The molecule has 2 aromatic rings. The van der Waals surface area contributed by atoms with Crippen LogP contribution in [0.15, 0.2) is 24.5 Å². The molecule has 4 rings (SSSR count). The minimum absolute atomic E-state index is 0.0303. The quantitative estimate of drug-likeness (QED) is 0.812. The van der Waals surface area contributed by atoms with Crippen molar-refractivity contribution in [3.8, 4) is 11.8 Å². The third-order valence-electron chi connectivity index (χ3n) is 4.46. The Morgan fingerprint density at radius 2 is 2.16 bits per heavy atom. The SMILES string of the molecule is Cc1ccc(N2C[C@@H](NC(=O)C#CC3CC3)[C@@H](n3ccnn3)C2)nn1. The lowest BCUT2D eigenvalue weighted by Crippen LogP contribution is -2.41. The molecule has 1 N–H and O–H groups in total. The molecular weight excluding hydrogens is 318 g/mol. The topological polar surface area (TPSA) is 88.8 Å². The van der Waals surface area contributed by atoms with E-state index in [9.17, 15) is 4.79 Å². The summed E-state index contributed by atoms with van der Waals surface area (Å²) >= 11 is 0. The number of aromatic nitrogens is 5. The Labute approximate surface area is 145 Å². The molecular formula is C17H19N7O. The number of nitrogens with one attached hydrogen (secondary N) is 1. The summed E-state index contributed by atoms with van der Waals surface area (Å²) in [6.45, 7) is 3.20. The van der Waals surface area contributed by atoms with E-state index in [0.717, 1.165) is 24.4 Å². The summed E-state index contributed by atoms with van der Waals surface area (Å²) in [6, 6.07) is 3.72. The standard InChI is InChI=1S/C17H19N7O/c1-12-2-6-16(21-20-12)23-10-14(15(11-23)24-9-8-18-22-24)19-17(25)7-5-13-3-4-13/h2,6,8-9,13-15H,3-4,10-11H2,1H3,(H,19,25)/t14-,15+/m1/s1. The van der Waals surface area contributed by atoms with Gasteiger partial charge in [-0.2, -0.15) is 5.10 Å². The number of hydrogen-bond donors (Lipinski definition) is 1. The molecule has 25 heavy (non-hydrogen) atoms. The highest BCUT2D eigenvalue weighted by molar-refractivity contribution is 5.93. The van der Waals surface area contributed by atoms with E-state index in [1.165, 1.54) is 0 Å².